The molecule has 2 atom stereocenters. The lowest BCUT2D eigenvalue weighted by atomic mass is 10.0. The molecule has 5 nitrogen and oxygen atoms in total. The number of anilines is 1. The molecule has 0 amide bonds. The molecule has 0 aliphatic carbocycles. The van der Waals surface area contributed by atoms with Crippen LogP contribution in [0.15, 0.2) is 34.7 Å². The number of nitrogens with two attached hydrogens (primary N) is 1. The summed E-state index contributed by atoms with van der Waals surface area (Å²) < 4.78 is 0.852. The maximum Gasteiger partial charge on any atom is 0.208 e. The van der Waals surface area contributed by atoms with Crippen LogP contribution in [0.3, 0.4) is 0 Å². The molecule has 0 saturated heterocycles. The second-order valence-electron chi connectivity index (χ2n) is 4.98. The van der Waals surface area contributed by atoms with Crippen LogP contribution < -0.4 is 10.6 Å². The van der Waals surface area contributed by atoms with E-state index in [-0.39, 0.29) is 6.04 Å². The molecule has 114 valence electrons. The Bertz CT molecular complexity index is 547. The molecule has 21 heavy (non-hydrogen) atoms. The molecule has 1 aromatic heterocycles. The van der Waals surface area contributed by atoms with Crippen LogP contribution in [0.1, 0.15) is 5.56 Å². The van der Waals surface area contributed by atoms with E-state index < -0.39 is 6.10 Å². The van der Waals surface area contributed by atoms with Crippen molar-refractivity contribution in [2.45, 2.75) is 22.9 Å². The van der Waals surface area contributed by atoms with Crippen molar-refractivity contribution in [1.82, 2.24) is 10.2 Å². The van der Waals surface area contributed by atoms with Gasteiger partial charge in [0.1, 0.15) is 0 Å². The van der Waals surface area contributed by atoms with Crippen molar-refractivity contribution in [2.75, 3.05) is 24.7 Å². The van der Waals surface area contributed by atoms with Gasteiger partial charge in [-0.2, -0.15) is 0 Å². The van der Waals surface area contributed by atoms with Crippen LogP contribution in [-0.4, -0.2) is 47.3 Å². The fraction of sp³-hybridized carbons (Fsp3) is 0.429. The van der Waals surface area contributed by atoms with Gasteiger partial charge in [0.2, 0.25) is 5.13 Å². The summed E-state index contributed by atoms with van der Waals surface area (Å²) in [6.45, 7) is 0. The fourth-order valence-corrected chi connectivity index (χ4v) is 3.57. The van der Waals surface area contributed by atoms with Gasteiger partial charge in [0, 0.05) is 25.9 Å². The molecule has 0 saturated carbocycles. The highest BCUT2D eigenvalue weighted by atomic mass is 32.2. The van der Waals surface area contributed by atoms with E-state index in [4.69, 9.17) is 5.73 Å². The number of nitrogens with zero attached hydrogens (tertiary/aromatic N) is 3. The third-order valence-electron chi connectivity index (χ3n) is 2.96. The van der Waals surface area contributed by atoms with E-state index in [9.17, 15) is 5.11 Å². The van der Waals surface area contributed by atoms with Gasteiger partial charge in [0.25, 0.3) is 0 Å². The molecule has 0 spiro atoms. The van der Waals surface area contributed by atoms with Crippen LogP contribution in [0.5, 0.6) is 0 Å². The molecular weight excluding hydrogens is 304 g/mol. The summed E-state index contributed by atoms with van der Waals surface area (Å²) in [6, 6.07) is 9.70. The summed E-state index contributed by atoms with van der Waals surface area (Å²) >= 11 is 3.01. The van der Waals surface area contributed by atoms with Crippen LogP contribution in [0.4, 0.5) is 5.13 Å². The van der Waals surface area contributed by atoms with Crippen molar-refractivity contribution in [2.24, 2.45) is 5.73 Å². The zero-order valence-electron chi connectivity index (χ0n) is 12.1. The SMILES string of the molecule is CN(C)c1nnc(SCC(O)C(N)Cc2ccccc2)s1. The zero-order chi connectivity index (χ0) is 15.2. The Morgan fingerprint density at radius 1 is 1.29 bits per heavy atom. The third kappa shape index (κ3) is 4.96. The topological polar surface area (TPSA) is 75.3 Å². The molecule has 2 aromatic rings. The van der Waals surface area contributed by atoms with Gasteiger partial charge in [-0.05, 0) is 12.0 Å². The molecule has 0 radical (unpaired) electrons. The second-order valence-corrected chi connectivity index (χ2v) is 7.20. The average molecular weight is 324 g/mol. The highest BCUT2D eigenvalue weighted by Gasteiger charge is 2.17. The number of hydrogen-bond acceptors (Lipinski definition) is 7. The summed E-state index contributed by atoms with van der Waals surface area (Å²) in [5.41, 5.74) is 7.20. The van der Waals surface area contributed by atoms with Crippen molar-refractivity contribution < 1.29 is 5.11 Å². The van der Waals surface area contributed by atoms with Crippen LogP contribution in [0, 0.1) is 0 Å². The fourth-order valence-electron chi connectivity index (χ4n) is 1.74. The number of rotatable bonds is 7. The summed E-state index contributed by atoms with van der Waals surface area (Å²) in [4.78, 5) is 1.92. The lowest BCUT2D eigenvalue weighted by Crippen LogP contribution is -2.38. The van der Waals surface area contributed by atoms with Crippen LogP contribution in [-0.2, 0) is 6.42 Å². The van der Waals surface area contributed by atoms with Gasteiger partial charge in [0.15, 0.2) is 4.34 Å². The zero-order valence-corrected chi connectivity index (χ0v) is 13.8. The molecule has 2 unspecified atom stereocenters. The smallest absolute Gasteiger partial charge is 0.208 e. The molecule has 3 N–H and O–H groups in total. The molecule has 1 aromatic carbocycles. The normalized spacial score (nSPS) is 13.9. The summed E-state index contributed by atoms with van der Waals surface area (Å²) in [6.07, 6.45) is 0.101. The highest BCUT2D eigenvalue weighted by molar-refractivity contribution is 8.01. The van der Waals surface area contributed by atoms with E-state index in [0.29, 0.717) is 12.2 Å². The summed E-state index contributed by atoms with van der Waals surface area (Å²) in [7, 11) is 3.86. The molecule has 0 aliphatic heterocycles. The van der Waals surface area contributed by atoms with E-state index >= 15 is 0 Å². The first kappa shape index (κ1) is 16.2. The van der Waals surface area contributed by atoms with E-state index in [1.165, 1.54) is 23.1 Å². The number of thioether (sulfide) groups is 1. The van der Waals surface area contributed by atoms with E-state index in [0.717, 1.165) is 15.0 Å². The van der Waals surface area contributed by atoms with E-state index in [1.807, 2.05) is 49.3 Å². The van der Waals surface area contributed by atoms with Gasteiger partial charge >= 0.3 is 0 Å². The van der Waals surface area contributed by atoms with Gasteiger partial charge in [-0.1, -0.05) is 53.4 Å². The first-order valence-corrected chi connectivity index (χ1v) is 8.47. The largest absolute Gasteiger partial charge is 0.391 e. The molecule has 0 aliphatic rings. The summed E-state index contributed by atoms with van der Waals surface area (Å²) in [5.74, 6) is 0.524. The molecule has 0 fully saturated rings. The Labute approximate surface area is 133 Å². The van der Waals surface area contributed by atoms with Gasteiger partial charge in [0.05, 0.1) is 6.10 Å². The van der Waals surface area contributed by atoms with Crippen molar-refractivity contribution in [3.8, 4) is 0 Å². The maximum absolute atomic E-state index is 10.2. The minimum Gasteiger partial charge on any atom is -0.391 e. The van der Waals surface area contributed by atoms with Gasteiger partial charge < -0.3 is 15.7 Å². The van der Waals surface area contributed by atoms with E-state index in [1.54, 1.807) is 0 Å². The second kappa shape index (κ2) is 7.74. The van der Waals surface area contributed by atoms with Crippen molar-refractivity contribution >= 4 is 28.2 Å². The molecule has 7 heteroatoms. The third-order valence-corrected chi connectivity index (χ3v) is 5.29. The number of aliphatic hydroxyl groups excluding tert-OH is 1. The standard InChI is InChI=1S/C14H20N4OS2/c1-18(2)13-16-17-14(21-13)20-9-12(19)11(15)8-10-6-4-3-5-7-10/h3-7,11-12,19H,8-9,15H2,1-2H3. The minimum absolute atomic E-state index is 0.277. The lowest BCUT2D eigenvalue weighted by molar-refractivity contribution is 0.167. The minimum atomic E-state index is -0.568. The van der Waals surface area contributed by atoms with Crippen molar-refractivity contribution in [3.05, 3.63) is 35.9 Å². The van der Waals surface area contributed by atoms with Crippen molar-refractivity contribution in [1.29, 1.82) is 0 Å². The lowest BCUT2D eigenvalue weighted by Gasteiger charge is -2.18. The molecule has 1 heterocycles. The molecule has 0 bridgehead atoms. The highest BCUT2D eigenvalue weighted by Crippen LogP contribution is 2.27. The van der Waals surface area contributed by atoms with E-state index in [2.05, 4.69) is 10.2 Å². The van der Waals surface area contributed by atoms with Crippen LogP contribution >= 0.6 is 23.1 Å². The van der Waals surface area contributed by atoms with Gasteiger partial charge in [-0.25, -0.2) is 0 Å². The Morgan fingerprint density at radius 2 is 2.00 bits per heavy atom. The number of benzene rings is 1. The first-order chi connectivity index (χ1) is 10.1. The quantitative estimate of drug-likeness (QED) is 0.754. The average Bonchev–Trinajstić information content (AvgIpc) is 2.95. The maximum atomic E-state index is 10.2. The predicted octanol–water partition coefficient (Wildman–Crippen LogP) is 1.63. The predicted molar refractivity (Wildman–Crippen MR) is 89.1 cm³/mol. The Morgan fingerprint density at radius 3 is 2.62 bits per heavy atom. The summed E-state index contributed by atoms with van der Waals surface area (Å²) in [5, 5.41) is 19.2. The van der Waals surface area contributed by atoms with Gasteiger partial charge in [-0.3, -0.25) is 0 Å². The van der Waals surface area contributed by atoms with Crippen LogP contribution in [0.2, 0.25) is 0 Å². The Hall–Kier alpha value is -1.15. The van der Waals surface area contributed by atoms with Crippen molar-refractivity contribution in [3.63, 3.8) is 0 Å². The molecular formula is C14H20N4OS2. The Balaban J connectivity index is 1.81. The van der Waals surface area contributed by atoms with Gasteiger partial charge in [-0.15, -0.1) is 10.2 Å². The Kier molecular flexibility index (Phi) is 5.98. The monoisotopic (exact) mass is 324 g/mol. The number of hydrogen-bond donors (Lipinski definition) is 2. The first-order valence-electron chi connectivity index (χ1n) is 6.67. The van der Waals surface area contributed by atoms with Crippen LogP contribution in [0.25, 0.3) is 0 Å². The number of aromatic nitrogens is 2. The molecule has 2 rings (SSSR count). The number of aliphatic hydroxyl groups is 1.